The zero-order valence-corrected chi connectivity index (χ0v) is 25.6. The third-order valence-corrected chi connectivity index (χ3v) is 9.61. The average molecular weight is 612 g/mol. The highest BCUT2D eigenvalue weighted by atomic mass is 35.5. The summed E-state index contributed by atoms with van der Waals surface area (Å²) in [5.41, 5.74) is 1.08. The summed E-state index contributed by atoms with van der Waals surface area (Å²) < 4.78 is 34.1. The van der Waals surface area contributed by atoms with Crippen molar-refractivity contribution < 1.29 is 22.7 Å². The molecule has 0 aromatic heterocycles. The summed E-state index contributed by atoms with van der Waals surface area (Å²) in [4.78, 5) is 29.3. The van der Waals surface area contributed by atoms with Crippen LogP contribution in [-0.2, 0) is 26.2 Å². The van der Waals surface area contributed by atoms with Crippen molar-refractivity contribution in [2.24, 2.45) is 0 Å². The van der Waals surface area contributed by atoms with Gasteiger partial charge in [-0.3, -0.25) is 13.9 Å². The maximum Gasteiger partial charge on any atom is 0.264 e. The zero-order valence-electron chi connectivity index (χ0n) is 24.0. The summed E-state index contributed by atoms with van der Waals surface area (Å²) in [7, 11) is -2.55. The van der Waals surface area contributed by atoms with Gasteiger partial charge in [0.15, 0.2) is 0 Å². The number of amides is 2. The Morgan fingerprint density at radius 1 is 0.952 bits per heavy atom. The van der Waals surface area contributed by atoms with Gasteiger partial charge in [-0.05, 0) is 73.4 Å². The SMILES string of the molecule is CCC(C(=O)NC1CCCCC1)N(Cc1ccc(OC)cc1)C(=O)CN(c1ccc(Cl)cc1)S(=O)(=O)c1ccccc1. The molecule has 42 heavy (non-hydrogen) atoms. The van der Waals surface area contributed by atoms with E-state index >= 15 is 0 Å². The van der Waals surface area contributed by atoms with Crippen LogP contribution < -0.4 is 14.4 Å². The lowest BCUT2D eigenvalue weighted by Gasteiger charge is -2.34. The molecule has 1 unspecified atom stereocenters. The number of hydrogen-bond acceptors (Lipinski definition) is 5. The number of benzene rings is 3. The molecule has 4 rings (SSSR count). The standard InChI is InChI=1S/C32H38ClN3O5S/c1-3-30(32(38)34-26-10-6-4-7-11-26)35(22-24-14-20-28(41-2)21-15-24)31(37)23-36(27-18-16-25(33)17-19-27)42(39,40)29-12-8-5-9-13-29/h5,8-9,12-21,26,30H,3-4,6-7,10-11,22-23H2,1-2H3,(H,34,38). The summed E-state index contributed by atoms with van der Waals surface area (Å²) >= 11 is 6.09. The Morgan fingerprint density at radius 3 is 2.19 bits per heavy atom. The van der Waals surface area contributed by atoms with Gasteiger partial charge in [0.25, 0.3) is 10.0 Å². The van der Waals surface area contributed by atoms with Gasteiger partial charge >= 0.3 is 0 Å². The van der Waals surface area contributed by atoms with E-state index in [-0.39, 0.29) is 23.4 Å². The molecule has 1 fully saturated rings. The van der Waals surface area contributed by atoms with Gasteiger partial charge in [0.2, 0.25) is 11.8 Å². The molecule has 0 aliphatic heterocycles. The molecule has 8 nitrogen and oxygen atoms in total. The number of nitrogens with zero attached hydrogens (tertiary/aromatic N) is 2. The van der Waals surface area contributed by atoms with Gasteiger partial charge in [-0.1, -0.05) is 68.1 Å². The van der Waals surface area contributed by atoms with Crippen LogP contribution in [0.25, 0.3) is 0 Å². The fraction of sp³-hybridized carbons (Fsp3) is 0.375. The second kappa shape index (κ2) is 14.6. The molecule has 3 aromatic rings. The Balaban J connectivity index is 1.69. The first-order valence-electron chi connectivity index (χ1n) is 14.3. The van der Waals surface area contributed by atoms with E-state index < -0.39 is 28.5 Å². The van der Waals surface area contributed by atoms with E-state index in [9.17, 15) is 18.0 Å². The van der Waals surface area contributed by atoms with E-state index in [0.29, 0.717) is 22.9 Å². The summed E-state index contributed by atoms with van der Waals surface area (Å²) in [5, 5.41) is 3.60. The van der Waals surface area contributed by atoms with Gasteiger partial charge < -0.3 is 15.0 Å². The zero-order chi connectivity index (χ0) is 30.1. The third-order valence-electron chi connectivity index (χ3n) is 7.57. The fourth-order valence-corrected chi connectivity index (χ4v) is 6.81. The van der Waals surface area contributed by atoms with Crippen LogP contribution in [0.15, 0.2) is 83.8 Å². The molecular weight excluding hydrogens is 574 g/mol. The number of carbonyl (C=O) groups excluding carboxylic acids is 2. The summed E-state index contributed by atoms with van der Waals surface area (Å²) in [6.07, 6.45) is 5.46. The number of carbonyl (C=O) groups is 2. The van der Waals surface area contributed by atoms with Gasteiger partial charge in [0.05, 0.1) is 17.7 Å². The Hall–Kier alpha value is -3.56. The van der Waals surface area contributed by atoms with Crippen molar-refractivity contribution in [2.45, 2.75) is 69.0 Å². The van der Waals surface area contributed by atoms with Crippen LogP contribution in [0.2, 0.25) is 5.02 Å². The van der Waals surface area contributed by atoms with Gasteiger partial charge in [0.1, 0.15) is 18.3 Å². The first-order valence-corrected chi connectivity index (χ1v) is 16.1. The lowest BCUT2D eigenvalue weighted by atomic mass is 9.95. The molecule has 2 amide bonds. The predicted molar refractivity (Wildman–Crippen MR) is 165 cm³/mol. The van der Waals surface area contributed by atoms with Crippen LogP contribution in [-0.4, -0.2) is 50.9 Å². The lowest BCUT2D eigenvalue weighted by Crippen LogP contribution is -2.54. The van der Waals surface area contributed by atoms with E-state index in [0.717, 1.165) is 42.0 Å². The second-order valence-electron chi connectivity index (χ2n) is 10.4. The number of sulfonamides is 1. The van der Waals surface area contributed by atoms with Crippen molar-refractivity contribution >= 4 is 39.1 Å². The number of methoxy groups -OCH3 is 1. The molecular formula is C32H38ClN3O5S. The molecule has 10 heteroatoms. The molecule has 0 bridgehead atoms. The monoisotopic (exact) mass is 611 g/mol. The molecule has 1 N–H and O–H groups in total. The molecule has 1 atom stereocenters. The first-order chi connectivity index (χ1) is 20.2. The molecule has 0 radical (unpaired) electrons. The molecule has 0 saturated heterocycles. The van der Waals surface area contributed by atoms with Crippen molar-refractivity contribution in [3.8, 4) is 5.75 Å². The van der Waals surface area contributed by atoms with Crippen molar-refractivity contribution in [3.63, 3.8) is 0 Å². The molecule has 0 heterocycles. The molecule has 1 aliphatic rings. The highest BCUT2D eigenvalue weighted by Gasteiger charge is 2.34. The second-order valence-corrected chi connectivity index (χ2v) is 12.7. The Bertz CT molecular complexity index is 1430. The highest BCUT2D eigenvalue weighted by Crippen LogP contribution is 2.26. The predicted octanol–water partition coefficient (Wildman–Crippen LogP) is 5.80. The minimum atomic E-state index is -4.13. The van der Waals surface area contributed by atoms with Crippen LogP contribution >= 0.6 is 11.6 Å². The van der Waals surface area contributed by atoms with E-state index in [4.69, 9.17) is 16.3 Å². The number of hydrogen-bond donors (Lipinski definition) is 1. The largest absolute Gasteiger partial charge is 0.497 e. The molecule has 224 valence electrons. The average Bonchev–Trinajstić information content (AvgIpc) is 3.01. The lowest BCUT2D eigenvalue weighted by molar-refractivity contribution is -0.140. The topological polar surface area (TPSA) is 96.0 Å². The van der Waals surface area contributed by atoms with Crippen molar-refractivity contribution in [1.82, 2.24) is 10.2 Å². The molecule has 1 saturated carbocycles. The highest BCUT2D eigenvalue weighted by molar-refractivity contribution is 7.92. The van der Waals surface area contributed by atoms with Gasteiger partial charge in [-0.2, -0.15) is 0 Å². The minimum absolute atomic E-state index is 0.0523. The smallest absolute Gasteiger partial charge is 0.264 e. The molecule has 1 aliphatic carbocycles. The van der Waals surface area contributed by atoms with Crippen molar-refractivity contribution in [2.75, 3.05) is 18.0 Å². The number of anilines is 1. The van der Waals surface area contributed by atoms with Crippen LogP contribution in [0.4, 0.5) is 5.69 Å². The molecule has 0 spiro atoms. The van der Waals surface area contributed by atoms with E-state index in [2.05, 4.69) is 5.32 Å². The molecule has 3 aromatic carbocycles. The van der Waals surface area contributed by atoms with Crippen LogP contribution in [0.3, 0.4) is 0 Å². The Labute approximate surface area is 253 Å². The van der Waals surface area contributed by atoms with Gasteiger partial charge in [-0.25, -0.2) is 8.42 Å². The maximum atomic E-state index is 14.2. The van der Waals surface area contributed by atoms with E-state index in [1.54, 1.807) is 61.7 Å². The summed E-state index contributed by atoms with van der Waals surface area (Å²) in [6.45, 7) is 1.48. The Kier molecular flexibility index (Phi) is 10.9. The Morgan fingerprint density at radius 2 is 1.60 bits per heavy atom. The van der Waals surface area contributed by atoms with Crippen molar-refractivity contribution in [1.29, 1.82) is 0 Å². The van der Waals surface area contributed by atoms with E-state index in [1.165, 1.54) is 17.0 Å². The number of ether oxygens (including phenoxy) is 1. The maximum absolute atomic E-state index is 14.2. The minimum Gasteiger partial charge on any atom is -0.497 e. The van der Waals surface area contributed by atoms with E-state index in [1.807, 2.05) is 19.1 Å². The summed E-state index contributed by atoms with van der Waals surface area (Å²) in [6, 6.07) is 20.8. The number of halogens is 1. The van der Waals surface area contributed by atoms with Crippen LogP contribution in [0.1, 0.15) is 51.0 Å². The van der Waals surface area contributed by atoms with Crippen LogP contribution in [0.5, 0.6) is 5.75 Å². The van der Waals surface area contributed by atoms with Crippen LogP contribution in [0, 0.1) is 0 Å². The van der Waals surface area contributed by atoms with Gasteiger partial charge in [0, 0.05) is 17.6 Å². The first kappa shape index (κ1) is 31.4. The number of nitrogens with one attached hydrogen (secondary N) is 1. The van der Waals surface area contributed by atoms with Gasteiger partial charge in [-0.15, -0.1) is 0 Å². The quantitative estimate of drug-likeness (QED) is 0.279. The summed E-state index contributed by atoms with van der Waals surface area (Å²) in [5.74, 6) is -0.0530. The number of rotatable bonds is 12. The normalized spacial score (nSPS) is 14.5. The van der Waals surface area contributed by atoms with Crippen molar-refractivity contribution in [3.05, 3.63) is 89.4 Å². The fourth-order valence-electron chi connectivity index (χ4n) is 5.25. The third kappa shape index (κ3) is 7.83.